The van der Waals surface area contributed by atoms with E-state index < -0.39 is 10.0 Å². The van der Waals surface area contributed by atoms with E-state index in [4.69, 9.17) is 5.14 Å². The monoisotopic (exact) mass is 325 g/mol. The number of primary sulfonamides is 1. The van der Waals surface area contributed by atoms with Gasteiger partial charge in [0.05, 0.1) is 10.6 Å². The van der Waals surface area contributed by atoms with Gasteiger partial charge in [0, 0.05) is 6.54 Å². The lowest BCUT2D eigenvalue weighted by atomic mass is 10.1. The molecule has 0 atom stereocenters. The van der Waals surface area contributed by atoms with Gasteiger partial charge in [0.15, 0.2) is 0 Å². The van der Waals surface area contributed by atoms with Crippen LogP contribution in [0.5, 0.6) is 0 Å². The summed E-state index contributed by atoms with van der Waals surface area (Å²) >= 11 is 1.39. The molecule has 0 saturated carbocycles. The van der Waals surface area contributed by atoms with Crippen molar-refractivity contribution >= 4 is 21.4 Å². The molecule has 0 saturated heterocycles. The van der Waals surface area contributed by atoms with Crippen molar-refractivity contribution in [3.05, 3.63) is 41.0 Å². The number of thiazole rings is 1. The highest BCUT2D eigenvalue weighted by Gasteiger charge is 2.16. The molecule has 1 heterocycles. The van der Waals surface area contributed by atoms with E-state index in [1.54, 1.807) is 0 Å². The van der Waals surface area contributed by atoms with Gasteiger partial charge in [-0.25, -0.2) is 18.5 Å². The van der Waals surface area contributed by atoms with E-state index >= 15 is 0 Å². The first-order chi connectivity index (χ1) is 9.99. The second kappa shape index (κ2) is 7.13. The number of aromatic nitrogens is 1. The molecule has 0 spiro atoms. The lowest BCUT2D eigenvalue weighted by molar-refractivity contribution is 0.596. The Bertz CT molecular complexity index is 681. The minimum absolute atomic E-state index is 0.217. The molecule has 114 valence electrons. The van der Waals surface area contributed by atoms with Crippen LogP contribution in [0.3, 0.4) is 0 Å². The molecule has 0 amide bonds. The van der Waals surface area contributed by atoms with Crippen molar-refractivity contribution in [2.75, 3.05) is 6.54 Å². The third-order valence-electron chi connectivity index (χ3n) is 2.82. The van der Waals surface area contributed by atoms with Crippen molar-refractivity contribution in [1.29, 1.82) is 0 Å². The standard InChI is InChI=1S/C14H19N3O2S2/c1-2-8-16-9-12-14(11-6-4-3-5-7-11)20-13(17-12)10-21(15,18)19/h3-7,16H,2,8-10H2,1H3,(H2,15,18,19). The van der Waals surface area contributed by atoms with Crippen LogP contribution in [0.25, 0.3) is 10.4 Å². The summed E-state index contributed by atoms with van der Waals surface area (Å²) in [5.41, 5.74) is 1.92. The van der Waals surface area contributed by atoms with E-state index in [2.05, 4.69) is 17.2 Å². The van der Waals surface area contributed by atoms with Gasteiger partial charge >= 0.3 is 0 Å². The third-order valence-corrected chi connectivity index (χ3v) is 4.83. The van der Waals surface area contributed by atoms with E-state index in [9.17, 15) is 8.42 Å². The molecule has 5 nitrogen and oxygen atoms in total. The molecule has 0 aliphatic carbocycles. The van der Waals surface area contributed by atoms with Crippen LogP contribution in [0.4, 0.5) is 0 Å². The number of nitrogens with zero attached hydrogens (tertiary/aromatic N) is 1. The molecule has 0 aliphatic heterocycles. The summed E-state index contributed by atoms with van der Waals surface area (Å²) in [6, 6.07) is 9.86. The van der Waals surface area contributed by atoms with Gasteiger partial charge in [0.1, 0.15) is 10.8 Å². The Hall–Kier alpha value is -1.28. The first-order valence-electron chi connectivity index (χ1n) is 6.75. The van der Waals surface area contributed by atoms with E-state index in [1.807, 2.05) is 30.3 Å². The molecule has 3 N–H and O–H groups in total. The predicted molar refractivity (Wildman–Crippen MR) is 86.4 cm³/mol. The van der Waals surface area contributed by atoms with Gasteiger partial charge in [-0.1, -0.05) is 37.3 Å². The Labute approximate surface area is 129 Å². The zero-order valence-electron chi connectivity index (χ0n) is 11.9. The second-order valence-corrected chi connectivity index (χ2v) is 7.43. The van der Waals surface area contributed by atoms with Gasteiger partial charge in [-0.3, -0.25) is 0 Å². The average molecular weight is 325 g/mol. The van der Waals surface area contributed by atoms with Crippen LogP contribution < -0.4 is 10.5 Å². The van der Waals surface area contributed by atoms with E-state index in [-0.39, 0.29) is 5.75 Å². The molecule has 0 radical (unpaired) electrons. The van der Waals surface area contributed by atoms with E-state index in [0.29, 0.717) is 11.6 Å². The zero-order valence-corrected chi connectivity index (χ0v) is 13.5. The topological polar surface area (TPSA) is 85.1 Å². The Balaban J connectivity index is 2.31. The Morgan fingerprint density at radius 2 is 2.00 bits per heavy atom. The van der Waals surface area contributed by atoms with E-state index in [1.165, 1.54) is 11.3 Å². The van der Waals surface area contributed by atoms with Crippen LogP contribution in [0, 0.1) is 0 Å². The molecule has 1 aromatic heterocycles. The number of benzene rings is 1. The van der Waals surface area contributed by atoms with Crippen LogP contribution in [-0.2, 0) is 22.3 Å². The summed E-state index contributed by atoms with van der Waals surface area (Å²) in [6.45, 7) is 3.62. The number of nitrogens with two attached hydrogens (primary N) is 1. The lowest BCUT2D eigenvalue weighted by Gasteiger charge is -2.03. The zero-order chi connectivity index (χ0) is 15.3. The predicted octanol–water partition coefficient (Wildman–Crippen LogP) is 2.10. The average Bonchev–Trinajstić information content (AvgIpc) is 2.81. The Kier molecular flexibility index (Phi) is 5.46. The van der Waals surface area contributed by atoms with Gasteiger partial charge in [-0.15, -0.1) is 11.3 Å². The second-order valence-electron chi connectivity index (χ2n) is 4.73. The third kappa shape index (κ3) is 4.89. The maximum absolute atomic E-state index is 11.2. The fraction of sp³-hybridized carbons (Fsp3) is 0.357. The molecular formula is C14H19N3O2S2. The summed E-state index contributed by atoms with van der Waals surface area (Å²) in [6.07, 6.45) is 1.04. The van der Waals surface area contributed by atoms with Crippen molar-refractivity contribution in [1.82, 2.24) is 10.3 Å². The number of nitrogens with one attached hydrogen (secondary N) is 1. The number of rotatable bonds is 7. The van der Waals surface area contributed by atoms with Gasteiger partial charge in [-0.2, -0.15) is 0 Å². The summed E-state index contributed by atoms with van der Waals surface area (Å²) < 4.78 is 22.5. The summed E-state index contributed by atoms with van der Waals surface area (Å²) in [5.74, 6) is -0.217. The van der Waals surface area contributed by atoms with Crippen LogP contribution in [0.15, 0.2) is 30.3 Å². The van der Waals surface area contributed by atoms with Crippen molar-refractivity contribution < 1.29 is 8.42 Å². The molecular weight excluding hydrogens is 306 g/mol. The molecule has 0 fully saturated rings. The Morgan fingerprint density at radius 3 is 2.62 bits per heavy atom. The fourth-order valence-corrected chi connectivity index (χ4v) is 3.97. The van der Waals surface area contributed by atoms with Gasteiger partial charge < -0.3 is 5.32 Å². The van der Waals surface area contributed by atoms with Gasteiger partial charge in [0.2, 0.25) is 10.0 Å². The molecule has 21 heavy (non-hydrogen) atoms. The van der Waals surface area contributed by atoms with Gasteiger partial charge in [0.25, 0.3) is 0 Å². The minimum Gasteiger partial charge on any atom is -0.311 e. The number of hydrogen-bond acceptors (Lipinski definition) is 5. The van der Waals surface area contributed by atoms with Crippen molar-refractivity contribution in [3.8, 4) is 10.4 Å². The maximum Gasteiger partial charge on any atom is 0.215 e. The van der Waals surface area contributed by atoms with Crippen LogP contribution in [0.1, 0.15) is 24.0 Å². The summed E-state index contributed by atoms with van der Waals surface area (Å²) in [4.78, 5) is 5.44. The summed E-state index contributed by atoms with van der Waals surface area (Å²) in [7, 11) is -3.56. The molecule has 1 aromatic carbocycles. The fourth-order valence-electron chi connectivity index (χ4n) is 1.95. The lowest BCUT2D eigenvalue weighted by Crippen LogP contribution is -2.16. The van der Waals surface area contributed by atoms with Crippen LogP contribution in [0.2, 0.25) is 0 Å². The van der Waals surface area contributed by atoms with Crippen molar-refractivity contribution in [3.63, 3.8) is 0 Å². The Morgan fingerprint density at radius 1 is 1.29 bits per heavy atom. The molecule has 2 aromatic rings. The number of sulfonamides is 1. The largest absolute Gasteiger partial charge is 0.311 e. The molecule has 0 aliphatic rings. The SMILES string of the molecule is CCCNCc1nc(CS(N)(=O)=O)sc1-c1ccccc1. The van der Waals surface area contributed by atoms with Crippen LogP contribution >= 0.6 is 11.3 Å². The molecule has 0 unspecified atom stereocenters. The normalized spacial score (nSPS) is 11.7. The minimum atomic E-state index is -3.56. The smallest absolute Gasteiger partial charge is 0.215 e. The maximum atomic E-state index is 11.2. The van der Waals surface area contributed by atoms with Crippen LogP contribution in [-0.4, -0.2) is 19.9 Å². The molecule has 7 heteroatoms. The van der Waals surface area contributed by atoms with Crippen molar-refractivity contribution in [2.45, 2.75) is 25.6 Å². The van der Waals surface area contributed by atoms with Gasteiger partial charge in [-0.05, 0) is 18.5 Å². The molecule has 2 rings (SSSR count). The van der Waals surface area contributed by atoms with E-state index in [0.717, 1.165) is 29.1 Å². The number of hydrogen-bond donors (Lipinski definition) is 2. The first kappa shape index (κ1) is 16.1. The molecule has 0 bridgehead atoms. The highest BCUT2D eigenvalue weighted by molar-refractivity contribution is 7.88. The highest BCUT2D eigenvalue weighted by Crippen LogP contribution is 2.31. The summed E-state index contributed by atoms with van der Waals surface area (Å²) in [5, 5.41) is 8.94. The first-order valence-corrected chi connectivity index (χ1v) is 9.28. The van der Waals surface area contributed by atoms with Crippen molar-refractivity contribution in [2.24, 2.45) is 5.14 Å². The highest BCUT2D eigenvalue weighted by atomic mass is 32.2. The quantitative estimate of drug-likeness (QED) is 0.763.